The van der Waals surface area contributed by atoms with Crippen molar-refractivity contribution in [2.45, 2.75) is 38.9 Å². The van der Waals surface area contributed by atoms with Crippen molar-refractivity contribution in [1.29, 1.82) is 0 Å². The van der Waals surface area contributed by atoms with Gasteiger partial charge >= 0.3 is 6.03 Å². The number of amides is 5. The lowest BCUT2D eigenvalue weighted by atomic mass is 9.95. The molecule has 2 aromatic rings. The molecule has 2 N–H and O–H groups in total. The summed E-state index contributed by atoms with van der Waals surface area (Å²) in [7, 11) is 0. The average molecular weight is 559 g/mol. The third-order valence-corrected chi connectivity index (χ3v) is 7.06. The standard InChI is InChI=1S/C27H28ClFN4O6/c1-15-12-33(16(2)11-32(15)13-17-3-6-19(29)7-4-17)24(35)14-39-23-8-5-18(28)9-20(23)22(34)10-21-25(36)30-27(38)31-26(21)37/h3-9,15-16,21H,10-14H2,1-2H3,(H2,30,31,36,37,38). The van der Waals surface area contributed by atoms with E-state index in [0.717, 1.165) is 5.56 Å². The topological polar surface area (TPSA) is 125 Å². The Morgan fingerprint density at radius 1 is 1.00 bits per heavy atom. The van der Waals surface area contributed by atoms with E-state index in [1.807, 2.05) is 24.5 Å². The molecular weight excluding hydrogens is 531 g/mol. The van der Waals surface area contributed by atoms with Gasteiger partial charge < -0.3 is 9.64 Å². The third kappa shape index (κ3) is 6.79. The number of hydrogen-bond acceptors (Lipinski definition) is 7. The minimum absolute atomic E-state index is 0.0123. The number of ether oxygens (including phenoxy) is 1. The van der Waals surface area contributed by atoms with E-state index in [1.54, 1.807) is 17.0 Å². The van der Waals surface area contributed by atoms with Gasteiger partial charge in [0.1, 0.15) is 17.5 Å². The maximum absolute atomic E-state index is 13.2. The fraction of sp³-hybridized carbons (Fsp3) is 0.370. The number of hydrogen-bond donors (Lipinski definition) is 2. The zero-order valence-electron chi connectivity index (χ0n) is 21.4. The molecule has 4 rings (SSSR count). The Morgan fingerprint density at radius 3 is 2.33 bits per heavy atom. The summed E-state index contributed by atoms with van der Waals surface area (Å²) in [5.41, 5.74) is 0.992. The van der Waals surface area contributed by atoms with Crippen LogP contribution in [-0.4, -0.2) is 71.1 Å². The van der Waals surface area contributed by atoms with Gasteiger partial charge in [0.15, 0.2) is 12.4 Å². The van der Waals surface area contributed by atoms with Gasteiger partial charge in [-0.15, -0.1) is 0 Å². The highest BCUT2D eigenvalue weighted by molar-refractivity contribution is 6.31. The molecule has 2 heterocycles. The number of piperazine rings is 1. The van der Waals surface area contributed by atoms with Crippen molar-refractivity contribution in [2.24, 2.45) is 5.92 Å². The van der Waals surface area contributed by atoms with Gasteiger partial charge in [0.2, 0.25) is 11.8 Å². The Hall–Kier alpha value is -3.83. The summed E-state index contributed by atoms with van der Waals surface area (Å²) >= 11 is 6.07. The van der Waals surface area contributed by atoms with Gasteiger partial charge in [-0.05, 0) is 49.7 Å². The first-order valence-electron chi connectivity index (χ1n) is 12.4. The van der Waals surface area contributed by atoms with Crippen LogP contribution in [0.5, 0.6) is 5.75 Å². The second-order valence-corrected chi connectivity index (χ2v) is 10.2. The van der Waals surface area contributed by atoms with Crippen LogP contribution in [0.15, 0.2) is 42.5 Å². The second kappa shape index (κ2) is 11.9. The van der Waals surface area contributed by atoms with Crippen molar-refractivity contribution in [3.8, 4) is 5.75 Å². The molecule has 2 unspecified atom stereocenters. The second-order valence-electron chi connectivity index (χ2n) is 9.72. The Bertz CT molecular complexity index is 1280. The molecule has 206 valence electrons. The van der Waals surface area contributed by atoms with Crippen molar-refractivity contribution in [2.75, 3.05) is 19.7 Å². The van der Waals surface area contributed by atoms with Crippen LogP contribution < -0.4 is 15.4 Å². The summed E-state index contributed by atoms with van der Waals surface area (Å²) in [6.45, 7) is 5.31. The SMILES string of the molecule is CC1CN(C(=O)COc2ccc(Cl)cc2C(=O)CC2C(=O)NC(=O)NC2=O)C(C)CN1Cc1ccc(F)cc1. The Labute approximate surface area is 229 Å². The minimum atomic E-state index is -1.39. The fourth-order valence-corrected chi connectivity index (χ4v) is 4.86. The zero-order valence-corrected chi connectivity index (χ0v) is 22.2. The summed E-state index contributed by atoms with van der Waals surface area (Å²) < 4.78 is 19.0. The highest BCUT2D eigenvalue weighted by Crippen LogP contribution is 2.27. The van der Waals surface area contributed by atoms with Crippen molar-refractivity contribution in [3.05, 3.63) is 64.4 Å². The van der Waals surface area contributed by atoms with Crippen LogP contribution in [0.25, 0.3) is 0 Å². The number of rotatable bonds is 8. The zero-order chi connectivity index (χ0) is 28.3. The maximum atomic E-state index is 13.2. The summed E-state index contributed by atoms with van der Waals surface area (Å²) in [4.78, 5) is 65.4. The molecule has 2 aliphatic rings. The summed E-state index contributed by atoms with van der Waals surface area (Å²) in [5.74, 6) is -4.23. The third-order valence-electron chi connectivity index (χ3n) is 6.82. The van der Waals surface area contributed by atoms with Crippen molar-refractivity contribution < 1.29 is 33.1 Å². The van der Waals surface area contributed by atoms with Crippen molar-refractivity contribution in [1.82, 2.24) is 20.4 Å². The Kier molecular flexibility index (Phi) is 8.61. The van der Waals surface area contributed by atoms with E-state index >= 15 is 0 Å². The number of halogens is 2. The van der Waals surface area contributed by atoms with Gasteiger partial charge in [0.05, 0.1) is 5.56 Å². The molecule has 2 atom stereocenters. The molecule has 10 nitrogen and oxygen atoms in total. The number of barbiturate groups is 1. The fourth-order valence-electron chi connectivity index (χ4n) is 4.69. The maximum Gasteiger partial charge on any atom is 0.328 e. The van der Waals surface area contributed by atoms with Crippen LogP contribution in [0.4, 0.5) is 9.18 Å². The first-order chi connectivity index (χ1) is 18.5. The molecule has 2 fully saturated rings. The van der Waals surface area contributed by atoms with Gasteiger partial charge in [-0.2, -0.15) is 0 Å². The van der Waals surface area contributed by atoms with Gasteiger partial charge in [-0.25, -0.2) is 9.18 Å². The van der Waals surface area contributed by atoms with E-state index in [9.17, 15) is 28.4 Å². The largest absolute Gasteiger partial charge is 0.483 e. The number of imide groups is 2. The molecule has 39 heavy (non-hydrogen) atoms. The van der Waals surface area contributed by atoms with Crippen LogP contribution in [-0.2, 0) is 20.9 Å². The van der Waals surface area contributed by atoms with Crippen LogP contribution in [0.1, 0.15) is 36.2 Å². The normalized spacial score (nSPS) is 20.4. The van der Waals surface area contributed by atoms with Crippen molar-refractivity contribution >= 4 is 41.1 Å². The molecule has 2 aliphatic heterocycles. The summed E-state index contributed by atoms with van der Waals surface area (Å²) in [5, 5.41) is 4.14. The van der Waals surface area contributed by atoms with Crippen LogP contribution in [0.2, 0.25) is 5.02 Å². The van der Waals surface area contributed by atoms with E-state index in [1.165, 1.54) is 30.3 Å². The lowest BCUT2D eigenvalue weighted by Crippen LogP contribution is -2.58. The Morgan fingerprint density at radius 2 is 1.67 bits per heavy atom. The number of nitrogens with zero attached hydrogens (tertiary/aromatic N) is 2. The average Bonchev–Trinajstić information content (AvgIpc) is 2.88. The number of nitrogens with one attached hydrogen (secondary N) is 2. The van der Waals surface area contributed by atoms with Gasteiger partial charge in [0, 0.05) is 43.2 Å². The predicted octanol–water partition coefficient (Wildman–Crippen LogP) is 2.53. The van der Waals surface area contributed by atoms with Gasteiger partial charge in [-0.1, -0.05) is 23.7 Å². The molecule has 5 amide bonds. The quantitative estimate of drug-likeness (QED) is 0.377. The number of carbonyl (C=O) groups is 5. The first-order valence-corrected chi connectivity index (χ1v) is 12.8. The first kappa shape index (κ1) is 28.2. The van der Waals surface area contributed by atoms with E-state index in [2.05, 4.69) is 4.90 Å². The number of benzene rings is 2. The molecular formula is C27H28ClFN4O6. The van der Waals surface area contributed by atoms with E-state index in [-0.39, 0.29) is 46.8 Å². The van der Waals surface area contributed by atoms with E-state index < -0.39 is 36.0 Å². The number of carbonyl (C=O) groups excluding carboxylic acids is 5. The molecule has 0 spiro atoms. The highest BCUT2D eigenvalue weighted by atomic mass is 35.5. The Balaban J connectivity index is 1.38. The van der Waals surface area contributed by atoms with E-state index in [0.29, 0.717) is 19.6 Å². The smallest absolute Gasteiger partial charge is 0.328 e. The number of Topliss-reactive ketones (excluding diaryl/α,β-unsaturated/α-hetero) is 1. The minimum Gasteiger partial charge on any atom is -0.483 e. The highest BCUT2D eigenvalue weighted by Gasteiger charge is 2.37. The molecule has 0 saturated carbocycles. The van der Waals surface area contributed by atoms with Crippen LogP contribution >= 0.6 is 11.6 Å². The molecule has 0 aromatic heterocycles. The summed E-state index contributed by atoms with van der Waals surface area (Å²) in [6.07, 6.45) is -0.514. The molecule has 0 radical (unpaired) electrons. The molecule has 0 bridgehead atoms. The summed E-state index contributed by atoms with van der Waals surface area (Å²) in [6, 6.07) is 9.61. The lowest BCUT2D eigenvalue weighted by molar-refractivity contribution is -0.139. The van der Waals surface area contributed by atoms with Crippen LogP contribution in [0.3, 0.4) is 0 Å². The number of urea groups is 1. The van der Waals surface area contributed by atoms with Gasteiger partial charge in [0.25, 0.3) is 5.91 Å². The predicted molar refractivity (Wildman–Crippen MR) is 139 cm³/mol. The van der Waals surface area contributed by atoms with E-state index in [4.69, 9.17) is 16.3 Å². The van der Waals surface area contributed by atoms with Crippen molar-refractivity contribution in [3.63, 3.8) is 0 Å². The monoisotopic (exact) mass is 558 g/mol. The molecule has 2 saturated heterocycles. The molecule has 12 heteroatoms. The number of ketones is 1. The molecule has 2 aromatic carbocycles. The lowest BCUT2D eigenvalue weighted by Gasteiger charge is -2.44. The van der Waals surface area contributed by atoms with Crippen LogP contribution in [0, 0.1) is 11.7 Å². The van der Waals surface area contributed by atoms with Gasteiger partial charge in [-0.3, -0.25) is 34.7 Å². The molecule has 0 aliphatic carbocycles.